The van der Waals surface area contributed by atoms with Crippen molar-refractivity contribution >= 4 is 11.7 Å². The summed E-state index contributed by atoms with van der Waals surface area (Å²) in [6.07, 6.45) is 0. The van der Waals surface area contributed by atoms with E-state index in [9.17, 15) is 14.9 Å². The predicted molar refractivity (Wildman–Crippen MR) is 92.2 cm³/mol. The summed E-state index contributed by atoms with van der Waals surface area (Å²) >= 11 is 0. The van der Waals surface area contributed by atoms with E-state index in [2.05, 4.69) is 12.1 Å². The average molecular weight is 327 g/mol. The first-order valence-corrected chi connectivity index (χ1v) is 7.68. The van der Waals surface area contributed by atoms with Gasteiger partial charge in [-0.25, -0.2) is 4.79 Å². The van der Waals surface area contributed by atoms with E-state index in [1.165, 1.54) is 24.3 Å². The second-order valence-electron chi connectivity index (χ2n) is 6.48. The van der Waals surface area contributed by atoms with Gasteiger partial charge in [-0.05, 0) is 57.9 Å². The second kappa shape index (κ2) is 6.43. The summed E-state index contributed by atoms with van der Waals surface area (Å²) in [5, 5.41) is 10.7. The highest BCUT2D eigenvalue weighted by Crippen LogP contribution is 2.32. The van der Waals surface area contributed by atoms with Gasteiger partial charge in [0.05, 0.1) is 10.5 Å². The first-order valence-electron chi connectivity index (χ1n) is 7.68. The van der Waals surface area contributed by atoms with Crippen LogP contribution >= 0.6 is 0 Å². The number of nitro groups is 1. The monoisotopic (exact) mass is 327 g/mol. The highest BCUT2D eigenvalue weighted by molar-refractivity contribution is 5.90. The van der Waals surface area contributed by atoms with Crippen molar-refractivity contribution in [2.24, 2.45) is 0 Å². The number of hydrogen-bond acceptors (Lipinski definition) is 4. The van der Waals surface area contributed by atoms with Gasteiger partial charge < -0.3 is 4.74 Å². The Labute approximate surface area is 141 Å². The Bertz CT molecular complexity index is 769. The Morgan fingerprint density at radius 2 is 1.54 bits per heavy atom. The maximum atomic E-state index is 12.4. The molecule has 0 aliphatic carbocycles. The molecule has 0 aliphatic heterocycles. The van der Waals surface area contributed by atoms with Crippen LogP contribution in [0.4, 0.5) is 5.69 Å². The third kappa shape index (κ3) is 3.62. The van der Waals surface area contributed by atoms with Crippen molar-refractivity contribution in [3.8, 4) is 0 Å². The summed E-state index contributed by atoms with van der Waals surface area (Å²) in [6, 6.07) is 9.53. The minimum Gasteiger partial charge on any atom is -0.451 e. The quantitative estimate of drug-likeness (QED) is 0.467. The van der Waals surface area contributed by atoms with Gasteiger partial charge in [-0.1, -0.05) is 17.7 Å². The molecular weight excluding hydrogens is 306 g/mol. The van der Waals surface area contributed by atoms with Gasteiger partial charge in [-0.2, -0.15) is 0 Å². The molecule has 0 heterocycles. The normalized spacial score (nSPS) is 11.2. The van der Waals surface area contributed by atoms with E-state index >= 15 is 0 Å². The minimum absolute atomic E-state index is 0.0592. The Balaban J connectivity index is 2.28. The van der Waals surface area contributed by atoms with Crippen LogP contribution in [0.3, 0.4) is 0 Å². The molecule has 0 bridgehead atoms. The molecule has 0 saturated carbocycles. The number of nitro benzene ring substituents is 1. The summed E-state index contributed by atoms with van der Waals surface area (Å²) in [6.45, 7) is 9.72. The molecule has 0 amide bonds. The fraction of sp³-hybridized carbons (Fsp3) is 0.316. The number of esters is 1. The number of nitrogens with zero attached hydrogens (tertiary/aromatic N) is 1. The predicted octanol–water partition coefficient (Wildman–Crippen LogP) is 4.61. The minimum atomic E-state index is -0.805. The lowest BCUT2D eigenvalue weighted by Crippen LogP contribution is -2.27. The van der Waals surface area contributed by atoms with E-state index in [4.69, 9.17) is 4.74 Å². The molecule has 2 aromatic rings. The van der Waals surface area contributed by atoms with Crippen molar-refractivity contribution in [3.63, 3.8) is 0 Å². The number of aryl methyl sites for hydroxylation is 3. The van der Waals surface area contributed by atoms with Crippen molar-refractivity contribution in [1.82, 2.24) is 0 Å². The smallest absolute Gasteiger partial charge is 0.339 e. The highest BCUT2D eigenvalue weighted by Gasteiger charge is 2.29. The topological polar surface area (TPSA) is 69.4 Å². The number of hydrogen-bond donors (Lipinski definition) is 0. The van der Waals surface area contributed by atoms with E-state index in [1.54, 1.807) is 0 Å². The molecule has 0 aliphatic rings. The van der Waals surface area contributed by atoms with E-state index in [0.29, 0.717) is 0 Å². The Hall–Kier alpha value is -2.69. The zero-order chi connectivity index (χ0) is 18.1. The molecule has 0 radical (unpaired) electrons. The number of non-ortho nitro benzene ring substituents is 1. The number of ether oxygens (including phenoxy) is 1. The van der Waals surface area contributed by atoms with Gasteiger partial charge in [0.15, 0.2) is 0 Å². The van der Waals surface area contributed by atoms with Crippen molar-refractivity contribution in [3.05, 3.63) is 74.3 Å². The van der Waals surface area contributed by atoms with Crippen molar-refractivity contribution < 1.29 is 14.5 Å². The number of benzene rings is 2. The molecule has 24 heavy (non-hydrogen) atoms. The van der Waals surface area contributed by atoms with Crippen molar-refractivity contribution in [2.45, 2.75) is 40.2 Å². The molecule has 126 valence electrons. The van der Waals surface area contributed by atoms with Crippen LogP contribution in [0.2, 0.25) is 0 Å². The SMILES string of the molecule is Cc1cc(C)c(C(C)(C)OC(=O)c2ccc([N+](=O)[O-])cc2)c(C)c1. The van der Waals surface area contributed by atoms with Gasteiger partial charge >= 0.3 is 5.97 Å². The van der Waals surface area contributed by atoms with Crippen LogP contribution in [0.15, 0.2) is 36.4 Å². The molecule has 2 rings (SSSR count). The molecule has 0 aromatic heterocycles. The standard InChI is InChI=1S/C19H21NO4/c1-12-10-13(2)17(14(3)11-12)19(4,5)24-18(21)15-6-8-16(9-7-15)20(22)23/h6-11H,1-5H3. The summed E-state index contributed by atoms with van der Waals surface area (Å²) in [5.41, 5.74) is 3.69. The molecule has 5 heteroatoms. The lowest BCUT2D eigenvalue weighted by Gasteiger charge is -2.29. The maximum Gasteiger partial charge on any atom is 0.339 e. The van der Waals surface area contributed by atoms with Crippen molar-refractivity contribution in [1.29, 1.82) is 0 Å². The molecule has 5 nitrogen and oxygen atoms in total. The molecule has 0 fully saturated rings. The first-order chi connectivity index (χ1) is 11.1. The molecular formula is C19H21NO4. The maximum absolute atomic E-state index is 12.4. The number of rotatable bonds is 4. The van der Waals surface area contributed by atoms with E-state index < -0.39 is 16.5 Å². The van der Waals surface area contributed by atoms with Crippen LogP contribution < -0.4 is 0 Å². The molecule has 0 N–H and O–H groups in total. The highest BCUT2D eigenvalue weighted by atomic mass is 16.6. The van der Waals surface area contributed by atoms with Gasteiger partial charge in [0.1, 0.15) is 5.60 Å². The van der Waals surface area contributed by atoms with Crippen LogP contribution in [0, 0.1) is 30.9 Å². The lowest BCUT2D eigenvalue weighted by molar-refractivity contribution is -0.384. The van der Waals surface area contributed by atoms with Crippen LogP contribution in [0.1, 0.15) is 46.5 Å². The lowest BCUT2D eigenvalue weighted by atomic mass is 9.88. The largest absolute Gasteiger partial charge is 0.451 e. The second-order valence-corrected chi connectivity index (χ2v) is 6.48. The summed E-state index contributed by atoms with van der Waals surface area (Å²) in [4.78, 5) is 22.6. The summed E-state index contributed by atoms with van der Waals surface area (Å²) in [5.74, 6) is -0.505. The van der Waals surface area contributed by atoms with Gasteiger partial charge in [-0.3, -0.25) is 10.1 Å². The Kier molecular flexibility index (Phi) is 4.73. The van der Waals surface area contributed by atoms with Crippen molar-refractivity contribution in [2.75, 3.05) is 0 Å². The third-order valence-corrected chi connectivity index (χ3v) is 3.94. The molecule has 0 unspecified atom stereocenters. The van der Waals surface area contributed by atoms with E-state index in [-0.39, 0.29) is 11.3 Å². The number of carbonyl (C=O) groups is 1. The van der Waals surface area contributed by atoms with Crippen LogP contribution in [-0.2, 0) is 10.3 Å². The average Bonchev–Trinajstić information content (AvgIpc) is 2.45. The molecule has 0 saturated heterocycles. The molecule has 0 atom stereocenters. The van der Waals surface area contributed by atoms with Gasteiger partial charge in [0.2, 0.25) is 0 Å². The third-order valence-electron chi connectivity index (χ3n) is 3.94. The fourth-order valence-corrected chi connectivity index (χ4v) is 3.19. The van der Waals surface area contributed by atoms with E-state index in [0.717, 1.165) is 22.3 Å². The van der Waals surface area contributed by atoms with Gasteiger partial charge in [0.25, 0.3) is 5.69 Å². The first kappa shape index (κ1) is 17.7. The van der Waals surface area contributed by atoms with Crippen LogP contribution in [-0.4, -0.2) is 10.9 Å². The van der Waals surface area contributed by atoms with E-state index in [1.807, 2.05) is 34.6 Å². The summed E-state index contributed by atoms with van der Waals surface area (Å²) < 4.78 is 5.70. The van der Waals surface area contributed by atoms with Crippen LogP contribution in [0.25, 0.3) is 0 Å². The van der Waals surface area contributed by atoms with Gasteiger partial charge in [-0.15, -0.1) is 0 Å². The zero-order valence-electron chi connectivity index (χ0n) is 14.5. The van der Waals surface area contributed by atoms with Gasteiger partial charge in [0, 0.05) is 17.7 Å². The Morgan fingerprint density at radius 3 is 2.00 bits per heavy atom. The fourth-order valence-electron chi connectivity index (χ4n) is 3.19. The summed E-state index contributed by atoms with van der Waals surface area (Å²) in [7, 11) is 0. The number of carbonyl (C=O) groups excluding carboxylic acids is 1. The zero-order valence-corrected chi connectivity index (χ0v) is 14.5. The molecule has 2 aromatic carbocycles. The Morgan fingerprint density at radius 1 is 1.04 bits per heavy atom. The molecule has 0 spiro atoms. The van der Waals surface area contributed by atoms with Crippen LogP contribution in [0.5, 0.6) is 0 Å².